The highest BCUT2D eigenvalue weighted by Crippen LogP contribution is 2.68. The molecule has 188 valence electrons. The van der Waals surface area contributed by atoms with Crippen molar-refractivity contribution >= 4 is 62.7 Å². The Morgan fingerprint density at radius 1 is 1.26 bits per heavy atom. The summed E-state index contributed by atoms with van der Waals surface area (Å²) < 4.78 is -0.774. The van der Waals surface area contributed by atoms with Crippen molar-refractivity contribution in [2.45, 2.75) is 27.3 Å². The van der Waals surface area contributed by atoms with Crippen LogP contribution in [0.2, 0.25) is 5.02 Å². The number of thioether (sulfide) groups is 1. The van der Waals surface area contributed by atoms with Crippen molar-refractivity contribution in [2.24, 2.45) is 11.8 Å². The van der Waals surface area contributed by atoms with Crippen LogP contribution in [0.3, 0.4) is 0 Å². The highest BCUT2D eigenvalue weighted by molar-refractivity contribution is 9.09. The number of alkyl halides is 1. The third-order valence-corrected chi connectivity index (χ3v) is 10.6. The molecule has 7 nitrogen and oxygen atoms in total. The molecular weight excluding hydrogens is 554 g/mol. The molecule has 6 atom stereocenters. The van der Waals surface area contributed by atoms with Crippen LogP contribution >= 0.6 is 39.3 Å². The van der Waals surface area contributed by atoms with Gasteiger partial charge in [-0.15, -0.1) is 24.9 Å². The van der Waals surface area contributed by atoms with E-state index in [-0.39, 0.29) is 47.5 Å². The Labute approximate surface area is 223 Å². The summed E-state index contributed by atoms with van der Waals surface area (Å²) in [5.41, 5.74) is 0.641. The highest BCUT2D eigenvalue weighted by Gasteiger charge is 2.75. The number of amides is 3. The Balaban J connectivity index is 1.78. The number of rotatable bonds is 9. The van der Waals surface area contributed by atoms with Crippen LogP contribution in [0.25, 0.3) is 0 Å². The van der Waals surface area contributed by atoms with Gasteiger partial charge >= 0.3 is 0 Å². The van der Waals surface area contributed by atoms with E-state index in [1.165, 1.54) is 4.90 Å². The minimum Gasteiger partial charge on any atom is -0.395 e. The number of aliphatic hydroxyl groups excluding tert-OH is 1. The van der Waals surface area contributed by atoms with E-state index >= 15 is 0 Å². The summed E-state index contributed by atoms with van der Waals surface area (Å²) in [6, 6.07) is 6.12. The number of nitrogens with zero attached hydrogens (tertiary/aromatic N) is 3. The number of carbonyl (C=O) groups is 3. The van der Waals surface area contributed by atoms with E-state index in [4.69, 9.17) is 11.6 Å². The molecule has 1 aromatic rings. The van der Waals surface area contributed by atoms with E-state index in [1.54, 1.807) is 65.0 Å². The number of halogens is 2. The Hall–Kier alpha value is -1.81. The molecule has 0 radical (unpaired) electrons. The first-order valence-corrected chi connectivity index (χ1v) is 13.7. The molecule has 0 saturated carbocycles. The Bertz CT molecular complexity index is 1040. The van der Waals surface area contributed by atoms with Gasteiger partial charge in [-0.1, -0.05) is 39.7 Å². The quantitative estimate of drug-likeness (QED) is 0.358. The zero-order chi connectivity index (χ0) is 25.5. The molecule has 3 heterocycles. The Kier molecular flexibility index (Phi) is 7.71. The van der Waals surface area contributed by atoms with E-state index in [0.29, 0.717) is 23.7 Å². The smallest absolute Gasteiger partial charge is 0.251 e. The third-order valence-electron chi connectivity index (χ3n) is 7.14. The molecule has 3 amide bonds. The predicted octanol–water partition coefficient (Wildman–Crippen LogP) is 2.96. The van der Waals surface area contributed by atoms with Crippen LogP contribution in [0, 0.1) is 11.8 Å². The van der Waals surface area contributed by atoms with Gasteiger partial charge in [0.15, 0.2) is 0 Å². The molecule has 3 aliphatic heterocycles. The van der Waals surface area contributed by atoms with Crippen molar-refractivity contribution in [3.63, 3.8) is 0 Å². The molecule has 10 heteroatoms. The number of hydrogen-bond donors (Lipinski definition) is 1. The molecule has 0 aromatic heterocycles. The topological polar surface area (TPSA) is 81.2 Å². The summed E-state index contributed by atoms with van der Waals surface area (Å²) in [5.74, 6) is -1.81. The molecule has 3 unspecified atom stereocenters. The number of carbonyl (C=O) groups excluding carboxylic acids is 3. The lowest BCUT2D eigenvalue weighted by molar-refractivity contribution is -0.143. The zero-order valence-electron chi connectivity index (χ0n) is 19.5. The number of benzene rings is 1. The SMILES string of the molecule is C=CCN(C)C(=O)[C@H]1[C@H]2C(=O)N(CCO)C(C(=O)N(CC=C)c3ccc(Cl)cc3)C23CC(Br)[C@@H]1S3. The summed E-state index contributed by atoms with van der Waals surface area (Å²) in [4.78, 5) is 46.2. The van der Waals surface area contributed by atoms with E-state index in [9.17, 15) is 19.5 Å². The summed E-state index contributed by atoms with van der Waals surface area (Å²) in [5, 5.41) is 10.2. The molecule has 0 aliphatic carbocycles. The van der Waals surface area contributed by atoms with Crippen LogP contribution in [-0.4, -0.2) is 86.8 Å². The minimum absolute atomic E-state index is 0.0182. The number of β-amino-alcohol motifs (C(OH)–C–C–N with tert-alkyl or cyclic N) is 1. The largest absolute Gasteiger partial charge is 0.395 e. The van der Waals surface area contributed by atoms with Gasteiger partial charge < -0.3 is 19.8 Å². The number of hydrogen-bond acceptors (Lipinski definition) is 5. The minimum atomic E-state index is -0.819. The van der Waals surface area contributed by atoms with Gasteiger partial charge in [0, 0.05) is 47.5 Å². The summed E-state index contributed by atoms with van der Waals surface area (Å²) in [6.07, 6.45) is 3.87. The van der Waals surface area contributed by atoms with E-state index < -0.39 is 22.6 Å². The third kappa shape index (κ3) is 4.24. The van der Waals surface area contributed by atoms with Gasteiger partial charge in [0.25, 0.3) is 5.91 Å². The van der Waals surface area contributed by atoms with E-state index in [0.717, 1.165) is 0 Å². The van der Waals surface area contributed by atoms with E-state index in [2.05, 4.69) is 29.1 Å². The average Bonchev–Trinajstić information content (AvgIpc) is 3.41. The van der Waals surface area contributed by atoms with Crippen LogP contribution in [0.1, 0.15) is 6.42 Å². The second-order valence-electron chi connectivity index (χ2n) is 9.14. The molecule has 3 saturated heterocycles. The number of anilines is 1. The van der Waals surface area contributed by atoms with Crippen LogP contribution in [0.4, 0.5) is 5.69 Å². The molecule has 3 aliphatic rings. The van der Waals surface area contributed by atoms with Crippen molar-refractivity contribution in [1.82, 2.24) is 9.80 Å². The van der Waals surface area contributed by atoms with Crippen LogP contribution in [0.5, 0.6) is 0 Å². The fourth-order valence-electron chi connectivity index (χ4n) is 5.80. The fraction of sp³-hybridized carbons (Fsp3) is 0.480. The van der Waals surface area contributed by atoms with Crippen LogP contribution in [-0.2, 0) is 14.4 Å². The molecular formula is C25H29BrClN3O4S. The number of likely N-dealkylation sites (N-methyl/N-ethyl adjacent to an activating group) is 1. The van der Waals surface area contributed by atoms with Gasteiger partial charge in [-0.25, -0.2) is 0 Å². The number of likely N-dealkylation sites (tertiary alicyclic amines) is 1. The molecule has 3 fully saturated rings. The van der Waals surface area contributed by atoms with Gasteiger partial charge in [-0.05, 0) is 30.7 Å². The molecule has 4 rings (SSSR count). The van der Waals surface area contributed by atoms with Crippen molar-refractivity contribution in [3.8, 4) is 0 Å². The van der Waals surface area contributed by atoms with E-state index in [1.807, 2.05) is 0 Å². The lowest BCUT2D eigenvalue weighted by atomic mass is 9.70. The monoisotopic (exact) mass is 581 g/mol. The normalized spacial score (nSPS) is 30.8. The second kappa shape index (κ2) is 10.3. The Morgan fingerprint density at radius 2 is 1.91 bits per heavy atom. The number of aliphatic hydroxyl groups is 1. The van der Waals surface area contributed by atoms with Gasteiger partial charge in [0.1, 0.15) is 6.04 Å². The van der Waals surface area contributed by atoms with Gasteiger partial charge in [0.2, 0.25) is 11.8 Å². The molecule has 1 N–H and O–H groups in total. The molecule has 35 heavy (non-hydrogen) atoms. The summed E-state index contributed by atoms with van der Waals surface area (Å²) >= 11 is 11.4. The fourth-order valence-corrected chi connectivity index (χ4v) is 9.52. The lowest BCUT2D eigenvalue weighted by Crippen LogP contribution is -2.56. The molecule has 1 spiro atoms. The van der Waals surface area contributed by atoms with Crippen molar-refractivity contribution in [2.75, 3.05) is 38.2 Å². The zero-order valence-corrected chi connectivity index (χ0v) is 22.6. The Morgan fingerprint density at radius 3 is 2.51 bits per heavy atom. The summed E-state index contributed by atoms with van der Waals surface area (Å²) in [7, 11) is 1.70. The van der Waals surface area contributed by atoms with Crippen LogP contribution < -0.4 is 4.90 Å². The lowest BCUT2D eigenvalue weighted by Gasteiger charge is -2.38. The molecule has 1 aromatic carbocycles. The van der Waals surface area contributed by atoms with Gasteiger partial charge in [-0.2, -0.15) is 0 Å². The van der Waals surface area contributed by atoms with Crippen molar-refractivity contribution < 1.29 is 19.5 Å². The number of fused-ring (bicyclic) bond motifs is 1. The maximum absolute atomic E-state index is 14.2. The van der Waals surface area contributed by atoms with Gasteiger partial charge in [-0.3, -0.25) is 14.4 Å². The predicted molar refractivity (Wildman–Crippen MR) is 143 cm³/mol. The average molecular weight is 583 g/mol. The first-order valence-electron chi connectivity index (χ1n) is 11.5. The maximum atomic E-state index is 14.2. The van der Waals surface area contributed by atoms with Crippen LogP contribution in [0.15, 0.2) is 49.6 Å². The maximum Gasteiger partial charge on any atom is 0.251 e. The first-order chi connectivity index (χ1) is 16.7. The highest BCUT2D eigenvalue weighted by atomic mass is 79.9. The standard InChI is InChI=1S/C25H29BrClN3O4S/c1-4-10-28(3)22(32)18-19-23(33)30(12-13-31)21(25(19)14-17(26)20(18)35-25)24(34)29(11-5-2)16-8-6-15(27)7-9-16/h4-9,17-21,31H,1-2,10-14H2,3H3/t17?,18-,19-,20-,21?,25?/m0/s1. The molecule has 2 bridgehead atoms. The first kappa shape index (κ1) is 26.3. The second-order valence-corrected chi connectivity index (χ2v) is 12.3. The van der Waals surface area contributed by atoms with Crippen molar-refractivity contribution in [3.05, 3.63) is 54.6 Å². The van der Waals surface area contributed by atoms with Crippen molar-refractivity contribution in [1.29, 1.82) is 0 Å². The summed E-state index contributed by atoms with van der Waals surface area (Å²) in [6.45, 7) is 7.89. The van der Waals surface area contributed by atoms with Gasteiger partial charge in [0.05, 0.1) is 23.2 Å².